The highest BCUT2D eigenvalue weighted by Gasteiger charge is 2.57. The van der Waals surface area contributed by atoms with E-state index in [4.69, 9.17) is 15.2 Å². The van der Waals surface area contributed by atoms with Crippen molar-refractivity contribution in [2.45, 2.75) is 82.5 Å². The topological polar surface area (TPSA) is 104 Å². The molecule has 0 aliphatic carbocycles. The number of β-amino-alcohol motifs (C(OH)–C–C–N with tert-alkyl or cyclic N) is 1. The molecule has 5 rings (SSSR count). The van der Waals surface area contributed by atoms with Crippen molar-refractivity contribution < 1.29 is 28.2 Å². The van der Waals surface area contributed by atoms with Gasteiger partial charge < -0.3 is 25.2 Å². The number of nitrogens with zero attached hydrogens (tertiary/aromatic N) is 3. The van der Waals surface area contributed by atoms with Crippen LogP contribution in [0.5, 0.6) is 5.75 Å². The van der Waals surface area contributed by atoms with Crippen molar-refractivity contribution in [2.24, 2.45) is 11.7 Å². The van der Waals surface area contributed by atoms with Crippen LogP contribution in [0.25, 0.3) is 11.3 Å². The van der Waals surface area contributed by atoms with Crippen LogP contribution in [-0.2, 0) is 9.53 Å². The molecular weight excluding hydrogens is 530 g/mol. The number of piperidine rings is 1. The van der Waals surface area contributed by atoms with Crippen LogP contribution in [0.4, 0.5) is 8.78 Å². The molecule has 0 saturated carbocycles. The Kier molecular flexibility index (Phi) is 8.66. The first-order valence-corrected chi connectivity index (χ1v) is 14.8. The molecule has 3 saturated heterocycles. The van der Waals surface area contributed by atoms with Gasteiger partial charge in [-0.3, -0.25) is 14.7 Å². The first-order chi connectivity index (χ1) is 19.5. The van der Waals surface area contributed by atoms with Gasteiger partial charge in [0.2, 0.25) is 5.91 Å². The first kappa shape index (κ1) is 29.8. The summed E-state index contributed by atoms with van der Waals surface area (Å²) in [5.74, 6) is 0.100. The lowest BCUT2D eigenvalue weighted by Crippen LogP contribution is -2.52. The number of aromatic nitrogens is 1. The summed E-state index contributed by atoms with van der Waals surface area (Å²) in [4.78, 5) is 20.5. The maximum atomic E-state index is 15.2. The van der Waals surface area contributed by atoms with Gasteiger partial charge in [-0.25, -0.2) is 8.78 Å². The van der Waals surface area contributed by atoms with Gasteiger partial charge >= 0.3 is 0 Å². The Labute approximate surface area is 240 Å². The van der Waals surface area contributed by atoms with Gasteiger partial charge in [0.1, 0.15) is 35.1 Å². The molecule has 1 aromatic carbocycles. The quantitative estimate of drug-likeness (QED) is 0.389. The van der Waals surface area contributed by atoms with Crippen molar-refractivity contribution in [1.82, 2.24) is 14.8 Å². The lowest BCUT2D eigenvalue weighted by molar-refractivity contribution is -0.128. The summed E-state index contributed by atoms with van der Waals surface area (Å²) >= 11 is 0. The van der Waals surface area contributed by atoms with E-state index >= 15 is 4.39 Å². The number of likely N-dealkylation sites (tertiary alicyclic amines) is 2. The first-order valence-electron chi connectivity index (χ1n) is 14.8. The Morgan fingerprint density at radius 1 is 1.24 bits per heavy atom. The monoisotopic (exact) mass is 572 g/mol. The van der Waals surface area contributed by atoms with Crippen LogP contribution in [0.2, 0.25) is 0 Å². The Bertz CT molecular complexity index is 1220. The number of aliphatic hydroxyl groups excluding tert-OH is 1. The van der Waals surface area contributed by atoms with E-state index in [0.29, 0.717) is 54.5 Å². The summed E-state index contributed by atoms with van der Waals surface area (Å²) in [5.41, 5.74) is 5.01. The van der Waals surface area contributed by atoms with Crippen molar-refractivity contribution >= 4 is 5.91 Å². The number of pyridine rings is 1. The fourth-order valence-electron chi connectivity index (χ4n) is 6.22. The molecule has 8 nitrogen and oxygen atoms in total. The van der Waals surface area contributed by atoms with Gasteiger partial charge in [0, 0.05) is 25.1 Å². The van der Waals surface area contributed by atoms with Crippen molar-refractivity contribution in [2.75, 3.05) is 32.8 Å². The number of hydrogen-bond donors (Lipinski definition) is 2. The van der Waals surface area contributed by atoms with Crippen molar-refractivity contribution in [1.29, 1.82) is 0 Å². The lowest BCUT2D eigenvalue weighted by Gasteiger charge is -2.36. The number of carbonyl (C=O) groups is 1. The summed E-state index contributed by atoms with van der Waals surface area (Å²) < 4.78 is 41.7. The molecule has 4 unspecified atom stereocenters. The third-order valence-corrected chi connectivity index (χ3v) is 9.28. The number of primary amides is 1. The minimum absolute atomic E-state index is 0.242. The van der Waals surface area contributed by atoms with E-state index in [-0.39, 0.29) is 13.0 Å². The van der Waals surface area contributed by atoms with Gasteiger partial charge in [0.15, 0.2) is 0 Å². The van der Waals surface area contributed by atoms with E-state index in [9.17, 15) is 14.3 Å². The van der Waals surface area contributed by atoms with E-state index in [2.05, 4.69) is 9.88 Å². The smallest absolute Gasteiger partial charge is 0.237 e. The second-order valence-corrected chi connectivity index (χ2v) is 12.1. The maximum absolute atomic E-state index is 15.2. The number of alkyl halides is 1. The highest BCUT2D eigenvalue weighted by molar-refractivity contribution is 5.84. The average molecular weight is 573 g/mol. The zero-order valence-corrected chi connectivity index (χ0v) is 24.2. The zero-order valence-electron chi connectivity index (χ0n) is 24.2. The third kappa shape index (κ3) is 6.40. The molecule has 3 N–H and O–H groups in total. The molecule has 3 aliphatic heterocycles. The van der Waals surface area contributed by atoms with Gasteiger partial charge in [0.05, 0.1) is 24.6 Å². The van der Waals surface area contributed by atoms with Crippen LogP contribution in [0.3, 0.4) is 0 Å². The predicted octanol–water partition coefficient (Wildman–Crippen LogP) is 4.21. The highest BCUT2D eigenvalue weighted by atomic mass is 19.1. The van der Waals surface area contributed by atoms with Crippen LogP contribution in [0.15, 0.2) is 36.5 Å². The molecule has 0 spiro atoms. The van der Waals surface area contributed by atoms with E-state index in [1.807, 2.05) is 13.8 Å². The minimum Gasteiger partial charge on any atom is -0.492 e. The Hall–Kier alpha value is -2.66. The number of rotatable bonds is 11. The van der Waals surface area contributed by atoms with E-state index in [0.717, 1.165) is 25.9 Å². The van der Waals surface area contributed by atoms with Gasteiger partial charge in [-0.15, -0.1) is 0 Å². The van der Waals surface area contributed by atoms with Gasteiger partial charge in [0.25, 0.3) is 0 Å². The number of ether oxygens (including phenoxy) is 2. The number of nitrogens with two attached hydrogens (primary N) is 1. The largest absolute Gasteiger partial charge is 0.492 e. The van der Waals surface area contributed by atoms with Gasteiger partial charge in [-0.05, 0) is 81.4 Å². The van der Waals surface area contributed by atoms with Crippen molar-refractivity contribution in [3.63, 3.8) is 0 Å². The van der Waals surface area contributed by atoms with Crippen molar-refractivity contribution in [3.8, 4) is 17.0 Å². The number of carbonyl (C=O) groups excluding carboxylic acids is 1. The molecular formula is C31H42F2N4O4. The highest BCUT2D eigenvalue weighted by Crippen LogP contribution is 2.47. The van der Waals surface area contributed by atoms with E-state index in [1.54, 1.807) is 42.3 Å². The molecule has 0 radical (unpaired) electrons. The Morgan fingerprint density at radius 3 is 2.59 bits per heavy atom. The number of amides is 1. The SMILES string of the molecule is CCC(F)(CC)CN1CCC(COc2ccc(-c3ccc(C4OC4N4CC(O)CC4(C)C(N)=O)cc3F)nc2)CC1. The van der Waals surface area contributed by atoms with Crippen LogP contribution in [-0.4, -0.2) is 82.1 Å². The Morgan fingerprint density at radius 2 is 1.98 bits per heavy atom. The minimum atomic E-state index is -1.10. The summed E-state index contributed by atoms with van der Waals surface area (Å²) in [6.07, 6.45) is 3.36. The summed E-state index contributed by atoms with van der Waals surface area (Å²) in [6, 6.07) is 8.44. The molecule has 2 aromatic rings. The number of benzene rings is 1. The molecule has 3 aliphatic rings. The van der Waals surface area contributed by atoms with Crippen LogP contribution < -0.4 is 10.5 Å². The normalized spacial score (nSPS) is 27.7. The summed E-state index contributed by atoms with van der Waals surface area (Å²) in [6.45, 7) is 8.64. The third-order valence-electron chi connectivity index (χ3n) is 9.28. The Balaban J connectivity index is 1.13. The van der Waals surface area contributed by atoms with E-state index < -0.39 is 41.4 Å². The molecule has 1 aromatic heterocycles. The summed E-state index contributed by atoms with van der Waals surface area (Å²) in [7, 11) is 0. The number of hydrogen-bond acceptors (Lipinski definition) is 7. The second-order valence-electron chi connectivity index (χ2n) is 12.1. The molecule has 1 amide bonds. The fourth-order valence-corrected chi connectivity index (χ4v) is 6.22. The molecule has 4 atom stereocenters. The number of aliphatic hydroxyl groups is 1. The maximum Gasteiger partial charge on any atom is 0.237 e. The zero-order chi connectivity index (χ0) is 29.4. The molecule has 10 heteroatoms. The molecule has 41 heavy (non-hydrogen) atoms. The number of halogens is 2. The fraction of sp³-hybridized carbons (Fsp3) is 0.613. The summed E-state index contributed by atoms with van der Waals surface area (Å²) in [5, 5.41) is 10.1. The standard InChI is InChI=1S/C31H42F2N4O4/c1-4-31(33,5-2)19-36-12-10-20(11-13-36)18-40-23-7-9-26(35-16-23)24-8-6-21(14-25(24)32)27-28(41-27)37-17-22(38)15-30(37,3)29(34)39/h6-9,14,16,20,22,27-28,38H,4-5,10-13,15,17-19H2,1-3H3,(H2,34,39). The second kappa shape index (κ2) is 11.9. The number of epoxide rings is 1. The lowest BCUT2D eigenvalue weighted by atomic mass is 9.94. The van der Waals surface area contributed by atoms with Crippen LogP contribution in [0.1, 0.15) is 64.5 Å². The molecule has 0 bridgehead atoms. The van der Waals surface area contributed by atoms with Gasteiger partial charge in [-0.1, -0.05) is 19.9 Å². The molecule has 4 heterocycles. The van der Waals surface area contributed by atoms with Crippen molar-refractivity contribution in [3.05, 3.63) is 47.9 Å². The molecule has 224 valence electrons. The van der Waals surface area contributed by atoms with E-state index in [1.165, 1.54) is 6.07 Å². The predicted molar refractivity (Wildman–Crippen MR) is 151 cm³/mol. The van der Waals surface area contributed by atoms with Crippen LogP contribution in [0, 0.1) is 11.7 Å². The van der Waals surface area contributed by atoms with Crippen LogP contribution >= 0.6 is 0 Å². The van der Waals surface area contributed by atoms with Gasteiger partial charge in [-0.2, -0.15) is 0 Å². The average Bonchev–Trinajstić information content (AvgIpc) is 3.69. The molecule has 3 fully saturated rings.